The lowest BCUT2D eigenvalue weighted by molar-refractivity contribution is -0.143. The number of aromatic hydroxyl groups is 3. The van der Waals surface area contributed by atoms with E-state index in [1.807, 2.05) is 0 Å². The number of carboxylic acid groups (broad SMARTS) is 2. The number of hydrogen-bond acceptors (Lipinski definition) is 23. The molecule has 9 N–H and O–H groups in total. The minimum atomic E-state index is -5.19. The second kappa shape index (κ2) is 21.5. The van der Waals surface area contributed by atoms with Gasteiger partial charge in [-0.2, -0.15) is 63.9 Å². The molecule has 0 bridgehead atoms. The first-order valence-electron chi connectivity index (χ1n) is 22.6. The topological polar surface area (TPSA) is 479 Å². The Labute approximate surface area is 450 Å². The molecule has 34 heteroatoms. The van der Waals surface area contributed by atoms with Crippen LogP contribution in [0.4, 0.5) is 39.8 Å². The predicted molar refractivity (Wildman–Crippen MR) is 276 cm³/mol. The van der Waals surface area contributed by atoms with Crippen LogP contribution in [0.25, 0.3) is 27.2 Å². The number of carbonyl (C=O) groups is 2. The van der Waals surface area contributed by atoms with Crippen molar-refractivity contribution in [3.8, 4) is 28.8 Å². The smallest absolute Gasteiger partial charge is 0.338 e. The number of hydrogen-bond donors (Lipinski definition) is 9. The lowest BCUT2D eigenvalue weighted by Crippen LogP contribution is -2.38. The van der Waals surface area contributed by atoms with Gasteiger partial charge in [-0.15, -0.1) is 20.5 Å². The van der Waals surface area contributed by atoms with Crippen LogP contribution >= 0.6 is 0 Å². The summed E-state index contributed by atoms with van der Waals surface area (Å²) >= 11 is 0. The predicted octanol–water partition coefficient (Wildman–Crippen LogP) is 9.20. The van der Waals surface area contributed by atoms with Crippen molar-refractivity contribution in [2.75, 3.05) is 7.11 Å². The second-order valence-electron chi connectivity index (χ2n) is 17.6. The van der Waals surface area contributed by atoms with E-state index in [9.17, 15) is 87.0 Å². The summed E-state index contributed by atoms with van der Waals surface area (Å²) in [5.74, 6) is -6.80. The number of aromatic carboxylic acids is 1. The van der Waals surface area contributed by atoms with Crippen LogP contribution in [-0.4, -0.2) is 118 Å². The van der Waals surface area contributed by atoms with Gasteiger partial charge in [0, 0.05) is 16.8 Å². The standard InChI is InChI=1S/C46H40N10O20S4/c1-20-12-35(36(76-3)19-34(20)50-48-32-10-7-26(77(64,65)66)17-30(32)45(60)61)51-54-41-37(79(70,71)72)14-22-4-5-24(16-29(22)43(41)58)47-52-39-21(2)55-56(44(39)59)25-6-9-28-23(13-25)15-38(80(73,74)75)40(42(28)57)53-49-33-11-8-27(78(67,68)69)18-31(33)46(62)63/h4-7,9-10,12-17,19,27,31,33,57-59H,8,11,18H2,1-3H3,(H,60,61)(H,62,63)(H,64,65,66)(H,67,68,69)(H,70,71,72)(H,73,74,75)/t27?,31-,33?/m0/s1. The molecule has 1 aliphatic carbocycles. The number of aryl methyl sites for hydroxylation is 2. The summed E-state index contributed by atoms with van der Waals surface area (Å²) in [7, 11) is -18.4. The number of rotatable bonds is 16. The highest BCUT2D eigenvalue weighted by molar-refractivity contribution is 7.86. The Kier molecular flexibility index (Phi) is 15.4. The molecule has 0 radical (unpaired) electrons. The fourth-order valence-corrected chi connectivity index (χ4v) is 11.1. The number of aromatic nitrogens is 2. The van der Waals surface area contributed by atoms with Gasteiger partial charge < -0.3 is 30.3 Å². The third-order valence-corrected chi connectivity index (χ3v) is 16.3. The van der Waals surface area contributed by atoms with E-state index in [-0.39, 0.29) is 80.0 Å². The molecule has 7 aromatic rings. The highest BCUT2D eigenvalue weighted by Crippen LogP contribution is 2.46. The van der Waals surface area contributed by atoms with E-state index in [0.717, 1.165) is 28.9 Å². The van der Waals surface area contributed by atoms with Gasteiger partial charge in [0.1, 0.15) is 38.3 Å². The lowest BCUT2D eigenvalue weighted by Gasteiger charge is -2.29. The Bertz CT molecular complexity index is 4380. The highest BCUT2D eigenvalue weighted by Gasteiger charge is 2.40. The van der Waals surface area contributed by atoms with Crippen LogP contribution in [0.3, 0.4) is 0 Å². The van der Waals surface area contributed by atoms with Gasteiger partial charge >= 0.3 is 11.9 Å². The maximum atomic E-state index is 12.6. The number of ether oxygens (including phenoxy) is 1. The number of fused-ring (bicyclic) bond motifs is 2. The van der Waals surface area contributed by atoms with Gasteiger partial charge in [-0.05, 0) is 116 Å². The van der Waals surface area contributed by atoms with Gasteiger partial charge in [-0.1, -0.05) is 6.07 Å². The molecule has 418 valence electrons. The number of azo groups is 4. The number of benzene rings is 6. The normalized spacial score (nSPS) is 16.7. The summed E-state index contributed by atoms with van der Waals surface area (Å²) in [5, 5.41) is 88.2. The second-order valence-corrected chi connectivity index (χ2v) is 23.5. The fraction of sp³-hybridized carbons (Fsp3) is 0.196. The summed E-state index contributed by atoms with van der Waals surface area (Å²) < 4.78 is 143. The summed E-state index contributed by atoms with van der Waals surface area (Å²) in [6.45, 7) is 2.97. The Morgan fingerprint density at radius 3 is 1.88 bits per heavy atom. The summed E-state index contributed by atoms with van der Waals surface area (Å²) in [5.41, 5.74) is -2.12. The highest BCUT2D eigenvalue weighted by atomic mass is 32.2. The van der Waals surface area contributed by atoms with Crippen LogP contribution in [0.15, 0.2) is 134 Å². The van der Waals surface area contributed by atoms with Crippen LogP contribution in [0.1, 0.15) is 40.9 Å². The zero-order chi connectivity index (χ0) is 58.6. The van der Waals surface area contributed by atoms with Crippen molar-refractivity contribution in [1.82, 2.24) is 9.78 Å². The van der Waals surface area contributed by atoms with Crippen molar-refractivity contribution >= 4 is 114 Å². The summed E-state index contributed by atoms with van der Waals surface area (Å²) in [6.07, 6.45) is -0.937. The van der Waals surface area contributed by atoms with E-state index in [0.29, 0.717) is 11.6 Å². The molecule has 1 aliphatic rings. The molecular weight excluding hydrogens is 1140 g/mol. The number of phenols is 2. The fourth-order valence-electron chi connectivity index (χ4n) is 8.44. The number of nitrogens with zero attached hydrogens (tertiary/aromatic N) is 10. The first kappa shape index (κ1) is 57.4. The van der Waals surface area contributed by atoms with Crippen molar-refractivity contribution in [2.45, 2.75) is 59.1 Å². The average Bonchev–Trinajstić information content (AvgIpc) is 3.72. The van der Waals surface area contributed by atoms with Gasteiger partial charge in [0.25, 0.3) is 40.5 Å². The molecule has 1 fully saturated rings. The molecule has 8 rings (SSSR count). The quantitative estimate of drug-likeness (QED) is 0.0321. The first-order valence-corrected chi connectivity index (χ1v) is 28.4. The molecule has 30 nitrogen and oxygen atoms in total. The number of methoxy groups -OCH3 is 1. The Morgan fingerprint density at radius 2 is 1.25 bits per heavy atom. The Morgan fingerprint density at radius 1 is 0.625 bits per heavy atom. The van der Waals surface area contributed by atoms with E-state index in [1.54, 1.807) is 0 Å². The third-order valence-electron chi connectivity index (χ3n) is 12.5. The molecule has 80 heavy (non-hydrogen) atoms. The maximum absolute atomic E-state index is 12.6. The van der Waals surface area contributed by atoms with Crippen LogP contribution < -0.4 is 4.74 Å². The van der Waals surface area contributed by atoms with Crippen molar-refractivity contribution < 1.29 is 91.7 Å². The van der Waals surface area contributed by atoms with Crippen molar-refractivity contribution in [3.05, 3.63) is 95.7 Å². The first-order chi connectivity index (χ1) is 37.3. The average molecular weight is 1180 g/mol. The largest absolute Gasteiger partial charge is 0.505 e. The van der Waals surface area contributed by atoms with Gasteiger partial charge in [0.2, 0.25) is 5.88 Å². The van der Waals surface area contributed by atoms with Crippen LogP contribution in [-0.2, 0) is 45.3 Å². The van der Waals surface area contributed by atoms with Crippen LogP contribution in [0.5, 0.6) is 23.1 Å². The Balaban J connectivity index is 1.08. The number of carboxylic acids is 2. The van der Waals surface area contributed by atoms with Crippen molar-refractivity contribution in [3.63, 3.8) is 0 Å². The van der Waals surface area contributed by atoms with E-state index in [2.05, 4.69) is 46.0 Å². The molecule has 1 heterocycles. The van der Waals surface area contributed by atoms with E-state index in [1.165, 1.54) is 69.5 Å². The van der Waals surface area contributed by atoms with Crippen molar-refractivity contribution in [2.24, 2.45) is 46.8 Å². The summed E-state index contributed by atoms with van der Waals surface area (Å²) in [6, 6.07) is 13.7. The van der Waals surface area contributed by atoms with E-state index < -0.39 is 125 Å². The molecule has 0 aliphatic heterocycles. The zero-order valence-electron chi connectivity index (χ0n) is 41.0. The zero-order valence-corrected chi connectivity index (χ0v) is 44.2. The maximum Gasteiger partial charge on any atom is 0.338 e. The molecule has 6 aromatic carbocycles. The molecule has 1 saturated carbocycles. The van der Waals surface area contributed by atoms with Gasteiger partial charge in [-0.25, -0.2) is 4.79 Å². The molecule has 0 saturated heterocycles. The number of phenolic OH excluding ortho intramolecular Hbond substituents is 2. The lowest BCUT2D eigenvalue weighted by atomic mass is 9.85. The number of aliphatic carboxylic acids is 1. The van der Waals surface area contributed by atoms with E-state index in [4.69, 9.17) is 4.74 Å². The van der Waals surface area contributed by atoms with Crippen LogP contribution in [0, 0.1) is 19.8 Å². The molecule has 1 aromatic heterocycles. The minimum absolute atomic E-state index is 0.00452. The van der Waals surface area contributed by atoms with Gasteiger partial charge in [-0.3, -0.25) is 23.0 Å². The van der Waals surface area contributed by atoms with Gasteiger partial charge in [0.15, 0.2) is 17.2 Å². The molecule has 3 atom stereocenters. The minimum Gasteiger partial charge on any atom is -0.505 e. The molecular formula is C46H40N10O20S4. The monoisotopic (exact) mass is 1180 g/mol. The summed E-state index contributed by atoms with van der Waals surface area (Å²) in [4.78, 5) is 21.3. The third kappa shape index (κ3) is 11.8. The SMILES string of the molecule is COc1cc(N=Nc2ccc(S(=O)(=O)O)cc2C(=O)O)c(C)cc1N=Nc1c(S(=O)(=O)O)cc2ccc(N=Nc3c(C)nn(-c4ccc5c(O)c(N=NC6CCC(S(=O)(=O)O)C[C@@H]6C(=O)O)c(S(=O)(=O)O)cc5c4)c3O)cc2c1O. The van der Waals surface area contributed by atoms with Gasteiger partial charge in [0.05, 0.1) is 57.5 Å². The van der Waals surface area contributed by atoms with E-state index >= 15 is 0 Å². The molecule has 0 amide bonds. The van der Waals surface area contributed by atoms with Crippen LogP contribution in [0.2, 0.25) is 0 Å². The Hall–Kier alpha value is -8.77. The molecule has 0 spiro atoms. The molecule has 2 unspecified atom stereocenters. The van der Waals surface area contributed by atoms with Crippen molar-refractivity contribution in [1.29, 1.82) is 0 Å².